The van der Waals surface area contributed by atoms with Crippen LogP contribution in [0.15, 0.2) is 46.9 Å². The Labute approximate surface area is 133 Å². The highest BCUT2D eigenvalue weighted by molar-refractivity contribution is 9.10. The molecule has 0 aliphatic carbocycles. The van der Waals surface area contributed by atoms with Crippen molar-refractivity contribution in [3.8, 4) is 17.6 Å². The fourth-order valence-electron chi connectivity index (χ4n) is 2.07. The van der Waals surface area contributed by atoms with E-state index in [1.165, 1.54) is 5.56 Å². The minimum atomic E-state index is 0.285. The Morgan fingerprint density at radius 3 is 2.43 bits per heavy atom. The zero-order chi connectivity index (χ0) is 15.2. The molecule has 0 spiro atoms. The van der Waals surface area contributed by atoms with Crippen LogP contribution in [-0.2, 0) is 0 Å². The van der Waals surface area contributed by atoms with Gasteiger partial charge < -0.3 is 10.1 Å². The fraction of sp³-hybridized carbons (Fsp3) is 0.235. The fourth-order valence-corrected chi connectivity index (χ4v) is 2.77. The monoisotopic (exact) mass is 344 g/mol. The number of hydrogen-bond acceptors (Lipinski definition) is 3. The quantitative estimate of drug-likeness (QED) is 0.848. The van der Waals surface area contributed by atoms with Crippen molar-refractivity contribution >= 4 is 15.9 Å². The summed E-state index contributed by atoms with van der Waals surface area (Å²) >= 11 is 3.59. The third kappa shape index (κ3) is 4.07. The van der Waals surface area contributed by atoms with Crippen molar-refractivity contribution in [2.75, 3.05) is 6.54 Å². The normalized spacial score (nSPS) is 11.7. The molecule has 4 heteroatoms. The van der Waals surface area contributed by atoms with E-state index in [1.54, 1.807) is 24.3 Å². The third-order valence-electron chi connectivity index (χ3n) is 3.17. The number of hydrogen-bond donors (Lipinski definition) is 1. The van der Waals surface area contributed by atoms with Gasteiger partial charge in [-0.15, -0.1) is 0 Å². The molecule has 0 saturated heterocycles. The number of halogens is 1. The predicted molar refractivity (Wildman–Crippen MR) is 87.5 cm³/mol. The van der Waals surface area contributed by atoms with Gasteiger partial charge in [0.05, 0.1) is 11.6 Å². The number of ether oxygens (including phenoxy) is 1. The summed E-state index contributed by atoms with van der Waals surface area (Å²) in [6.07, 6.45) is 0. The van der Waals surface area contributed by atoms with Gasteiger partial charge in [-0.05, 0) is 55.4 Å². The highest BCUT2D eigenvalue weighted by atomic mass is 79.9. The lowest BCUT2D eigenvalue weighted by atomic mass is 10.1. The summed E-state index contributed by atoms with van der Waals surface area (Å²) in [5.41, 5.74) is 1.82. The molecule has 0 heterocycles. The maximum Gasteiger partial charge on any atom is 0.128 e. The minimum absolute atomic E-state index is 0.285. The molecular formula is C17H17BrN2O. The summed E-state index contributed by atoms with van der Waals surface area (Å²) in [5, 5.41) is 12.2. The molecule has 0 radical (unpaired) electrons. The van der Waals surface area contributed by atoms with Gasteiger partial charge in [0, 0.05) is 10.5 Å². The van der Waals surface area contributed by atoms with Crippen molar-refractivity contribution in [2.45, 2.75) is 19.9 Å². The van der Waals surface area contributed by atoms with E-state index in [0.717, 1.165) is 16.8 Å². The molecule has 0 fully saturated rings. The Hall–Kier alpha value is -1.83. The van der Waals surface area contributed by atoms with Gasteiger partial charge in [-0.25, -0.2) is 0 Å². The molecule has 0 aliphatic rings. The van der Waals surface area contributed by atoms with Gasteiger partial charge in [0.1, 0.15) is 11.5 Å². The Kier molecular flexibility index (Phi) is 5.38. The SMILES string of the molecule is CCNC(C)c1ccc(Oc2ccc(C#N)cc2)cc1Br. The molecule has 0 bridgehead atoms. The van der Waals surface area contributed by atoms with Crippen molar-refractivity contribution in [1.29, 1.82) is 5.26 Å². The zero-order valence-electron chi connectivity index (χ0n) is 12.1. The van der Waals surface area contributed by atoms with Crippen LogP contribution >= 0.6 is 15.9 Å². The molecule has 2 aromatic rings. The van der Waals surface area contributed by atoms with Crippen LogP contribution in [0.2, 0.25) is 0 Å². The Morgan fingerprint density at radius 2 is 1.86 bits per heavy atom. The van der Waals surface area contributed by atoms with Crippen molar-refractivity contribution in [1.82, 2.24) is 5.32 Å². The van der Waals surface area contributed by atoms with Crippen LogP contribution in [0.5, 0.6) is 11.5 Å². The molecule has 21 heavy (non-hydrogen) atoms. The van der Waals surface area contributed by atoms with Crippen molar-refractivity contribution in [2.24, 2.45) is 0 Å². The molecule has 2 aromatic carbocycles. The first-order chi connectivity index (χ1) is 10.1. The molecule has 1 atom stereocenters. The van der Waals surface area contributed by atoms with Gasteiger partial charge in [-0.2, -0.15) is 5.26 Å². The first kappa shape index (κ1) is 15.6. The van der Waals surface area contributed by atoms with Crippen LogP contribution in [0.25, 0.3) is 0 Å². The number of nitriles is 1. The number of nitrogens with one attached hydrogen (secondary N) is 1. The average molecular weight is 345 g/mol. The van der Waals surface area contributed by atoms with Crippen LogP contribution in [-0.4, -0.2) is 6.54 Å². The molecule has 108 valence electrons. The van der Waals surface area contributed by atoms with E-state index in [0.29, 0.717) is 11.3 Å². The van der Waals surface area contributed by atoms with Crippen molar-refractivity contribution in [3.05, 3.63) is 58.1 Å². The van der Waals surface area contributed by atoms with Crippen LogP contribution in [0, 0.1) is 11.3 Å². The average Bonchev–Trinajstić information content (AvgIpc) is 2.48. The number of benzene rings is 2. The van der Waals surface area contributed by atoms with Gasteiger partial charge in [-0.1, -0.05) is 28.9 Å². The van der Waals surface area contributed by atoms with Gasteiger partial charge >= 0.3 is 0 Å². The summed E-state index contributed by atoms with van der Waals surface area (Å²) in [5.74, 6) is 1.48. The highest BCUT2D eigenvalue weighted by Gasteiger charge is 2.09. The Morgan fingerprint density at radius 1 is 1.19 bits per heavy atom. The van der Waals surface area contributed by atoms with Crippen molar-refractivity contribution < 1.29 is 4.74 Å². The van der Waals surface area contributed by atoms with Gasteiger partial charge in [-0.3, -0.25) is 0 Å². The van der Waals surface area contributed by atoms with E-state index < -0.39 is 0 Å². The molecule has 1 unspecified atom stereocenters. The third-order valence-corrected chi connectivity index (χ3v) is 3.85. The first-order valence-corrected chi connectivity index (χ1v) is 7.64. The lowest BCUT2D eigenvalue weighted by Gasteiger charge is -2.15. The standard InChI is InChI=1S/C17H17BrN2O/c1-3-20-12(2)16-9-8-15(10-17(16)18)21-14-6-4-13(11-19)5-7-14/h4-10,12,20H,3H2,1-2H3. The Bertz CT molecular complexity index is 647. The summed E-state index contributed by atoms with van der Waals surface area (Å²) in [6, 6.07) is 15.4. The van der Waals surface area contributed by atoms with E-state index >= 15 is 0 Å². The zero-order valence-corrected chi connectivity index (χ0v) is 13.6. The molecular weight excluding hydrogens is 328 g/mol. The second-order valence-corrected chi connectivity index (χ2v) is 5.56. The topological polar surface area (TPSA) is 45.0 Å². The predicted octanol–water partition coefficient (Wildman–Crippen LogP) is 4.78. The minimum Gasteiger partial charge on any atom is -0.457 e. The molecule has 0 aliphatic heterocycles. The summed E-state index contributed by atoms with van der Waals surface area (Å²) < 4.78 is 6.81. The van der Waals surface area contributed by atoms with Crippen LogP contribution in [0.3, 0.4) is 0 Å². The maximum absolute atomic E-state index is 8.78. The maximum atomic E-state index is 8.78. The smallest absolute Gasteiger partial charge is 0.128 e. The van der Waals surface area contributed by atoms with E-state index in [4.69, 9.17) is 10.00 Å². The molecule has 3 nitrogen and oxygen atoms in total. The van der Waals surface area contributed by atoms with E-state index in [2.05, 4.69) is 47.2 Å². The Balaban J connectivity index is 2.14. The van der Waals surface area contributed by atoms with Gasteiger partial charge in [0.15, 0.2) is 0 Å². The largest absolute Gasteiger partial charge is 0.457 e. The van der Waals surface area contributed by atoms with Crippen molar-refractivity contribution in [3.63, 3.8) is 0 Å². The number of nitrogens with zero attached hydrogens (tertiary/aromatic N) is 1. The molecule has 0 aromatic heterocycles. The molecule has 0 amide bonds. The van der Waals surface area contributed by atoms with Crippen LogP contribution in [0.4, 0.5) is 0 Å². The van der Waals surface area contributed by atoms with E-state index in [-0.39, 0.29) is 6.04 Å². The van der Waals surface area contributed by atoms with E-state index in [9.17, 15) is 0 Å². The second kappa shape index (κ2) is 7.26. The second-order valence-electron chi connectivity index (χ2n) is 4.70. The van der Waals surface area contributed by atoms with Crippen LogP contribution < -0.4 is 10.1 Å². The molecule has 0 saturated carbocycles. The van der Waals surface area contributed by atoms with Gasteiger partial charge in [0.25, 0.3) is 0 Å². The number of rotatable bonds is 5. The highest BCUT2D eigenvalue weighted by Crippen LogP contribution is 2.30. The summed E-state index contributed by atoms with van der Waals surface area (Å²) in [4.78, 5) is 0. The summed E-state index contributed by atoms with van der Waals surface area (Å²) in [6.45, 7) is 5.15. The summed E-state index contributed by atoms with van der Waals surface area (Å²) in [7, 11) is 0. The lowest BCUT2D eigenvalue weighted by Crippen LogP contribution is -2.17. The molecule has 2 rings (SSSR count). The lowest BCUT2D eigenvalue weighted by molar-refractivity contribution is 0.481. The van der Waals surface area contributed by atoms with Crippen LogP contribution in [0.1, 0.15) is 31.0 Å². The first-order valence-electron chi connectivity index (χ1n) is 6.85. The van der Waals surface area contributed by atoms with Gasteiger partial charge in [0.2, 0.25) is 0 Å². The van der Waals surface area contributed by atoms with E-state index in [1.807, 2.05) is 12.1 Å². The molecule has 1 N–H and O–H groups in total.